The van der Waals surface area contributed by atoms with Crippen LogP contribution in [0.5, 0.6) is 0 Å². The molecule has 1 aromatic heterocycles. The zero-order valence-electron chi connectivity index (χ0n) is 10.9. The van der Waals surface area contributed by atoms with Crippen LogP contribution in [0.1, 0.15) is 36.9 Å². The van der Waals surface area contributed by atoms with Crippen molar-refractivity contribution in [1.29, 1.82) is 0 Å². The summed E-state index contributed by atoms with van der Waals surface area (Å²) in [6.45, 7) is 2.64. The van der Waals surface area contributed by atoms with Crippen LogP contribution in [0.15, 0.2) is 41.1 Å². The first-order chi connectivity index (χ1) is 9.10. The largest absolute Gasteiger partial charge is 0.349 e. The molecule has 0 spiro atoms. The van der Waals surface area contributed by atoms with Gasteiger partial charge in [-0.2, -0.15) is 0 Å². The third kappa shape index (κ3) is 3.67. The van der Waals surface area contributed by atoms with Gasteiger partial charge < -0.3 is 10.3 Å². The monoisotopic (exact) mass is 324 g/mol. The first-order valence-electron chi connectivity index (χ1n) is 6.45. The number of hydrogen-bond acceptors (Lipinski definition) is 1. The van der Waals surface area contributed by atoms with Crippen molar-refractivity contribution in [2.45, 2.75) is 32.4 Å². The van der Waals surface area contributed by atoms with E-state index < -0.39 is 0 Å². The van der Waals surface area contributed by atoms with E-state index in [0.717, 1.165) is 22.9 Å². The topological polar surface area (TPSA) is 30.9 Å². The summed E-state index contributed by atoms with van der Waals surface area (Å²) in [5.41, 5.74) is 7.85. The average Bonchev–Trinajstić information content (AvgIpc) is 2.83. The maximum atomic E-state index is 13.7. The van der Waals surface area contributed by atoms with Crippen molar-refractivity contribution < 1.29 is 4.39 Å². The molecular formula is C15H18BrFN2. The summed E-state index contributed by atoms with van der Waals surface area (Å²) in [6.07, 6.45) is 5.98. The van der Waals surface area contributed by atoms with E-state index in [4.69, 9.17) is 5.73 Å². The molecule has 2 nitrogen and oxygen atoms in total. The van der Waals surface area contributed by atoms with Gasteiger partial charge in [-0.25, -0.2) is 4.39 Å². The average molecular weight is 325 g/mol. The van der Waals surface area contributed by atoms with Gasteiger partial charge in [-0.05, 0) is 36.2 Å². The van der Waals surface area contributed by atoms with Gasteiger partial charge in [-0.15, -0.1) is 0 Å². The molecule has 0 radical (unpaired) electrons. The van der Waals surface area contributed by atoms with Crippen LogP contribution in [-0.2, 0) is 6.54 Å². The van der Waals surface area contributed by atoms with Crippen molar-refractivity contribution >= 4 is 15.9 Å². The SMILES string of the molecule is CCCC(N)c1ccn(Cc2cc(Br)ccc2F)c1. The summed E-state index contributed by atoms with van der Waals surface area (Å²) in [6, 6.07) is 7.07. The maximum absolute atomic E-state index is 13.7. The number of halogens is 2. The fourth-order valence-corrected chi connectivity index (χ4v) is 2.52. The van der Waals surface area contributed by atoms with E-state index in [1.165, 1.54) is 6.07 Å². The molecule has 1 aromatic carbocycles. The summed E-state index contributed by atoms with van der Waals surface area (Å²) >= 11 is 3.36. The van der Waals surface area contributed by atoms with Crippen LogP contribution in [0.25, 0.3) is 0 Å². The molecule has 0 aliphatic rings. The second-order valence-electron chi connectivity index (χ2n) is 4.75. The van der Waals surface area contributed by atoms with Crippen LogP contribution in [-0.4, -0.2) is 4.57 Å². The van der Waals surface area contributed by atoms with Crippen molar-refractivity contribution in [2.24, 2.45) is 5.73 Å². The molecule has 0 aliphatic carbocycles. The lowest BCUT2D eigenvalue weighted by molar-refractivity contribution is 0.598. The van der Waals surface area contributed by atoms with E-state index in [9.17, 15) is 4.39 Å². The highest BCUT2D eigenvalue weighted by Crippen LogP contribution is 2.19. The first-order valence-corrected chi connectivity index (χ1v) is 7.24. The Kier molecular flexibility index (Phi) is 4.77. The van der Waals surface area contributed by atoms with E-state index in [0.29, 0.717) is 12.1 Å². The molecule has 0 aliphatic heterocycles. The molecule has 1 unspecified atom stereocenters. The summed E-state index contributed by atoms with van der Waals surface area (Å²) in [7, 11) is 0. The smallest absolute Gasteiger partial charge is 0.128 e. The Balaban J connectivity index is 2.13. The quantitative estimate of drug-likeness (QED) is 0.876. The van der Waals surface area contributed by atoms with Crippen LogP contribution >= 0.6 is 15.9 Å². The minimum Gasteiger partial charge on any atom is -0.349 e. The molecule has 0 bridgehead atoms. The Bertz CT molecular complexity index is 551. The maximum Gasteiger partial charge on any atom is 0.128 e. The Morgan fingerprint density at radius 2 is 2.16 bits per heavy atom. The van der Waals surface area contributed by atoms with Crippen molar-refractivity contribution in [3.05, 3.63) is 58.1 Å². The minimum atomic E-state index is -0.184. The normalized spacial score (nSPS) is 12.6. The highest BCUT2D eigenvalue weighted by atomic mass is 79.9. The van der Waals surface area contributed by atoms with Crippen LogP contribution < -0.4 is 5.73 Å². The summed E-state index contributed by atoms with van der Waals surface area (Å²) in [4.78, 5) is 0. The molecule has 0 saturated carbocycles. The lowest BCUT2D eigenvalue weighted by Gasteiger charge is -2.08. The fraction of sp³-hybridized carbons (Fsp3) is 0.333. The predicted molar refractivity (Wildman–Crippen MR) is 79.5 cm³/mol. The first kappa shape index (κ1) is 14.3. The van der Waals surface area contributed by atoms with Gasteiger partial charge >= 0.3 is 0 Å². The molecule has 1 heterocycles. The lowest BCUT2D eigenvalue weighted by Crippen LogP contribution is -2.08. The number of nitrogens with zero attached hydrogens (tertiary/aromatic N) is 1. The van der Waals surface area contributed by atoms with E-state index in [-0.39, 0.29) is 11.9 Å². The molecule has 0 saturated heterocycles. The summed E-state index contributed by atoms with van der Waals surface area (Å²) in [5, 5.41) is 0. The summed E-state index contributed by atoms with van der Waals surface area (Å²) < 4.78 is 16.5. The van der Waals surface area contributed by atoms with Gasteiger partial charge in [-0.1, -0.05) is 29.3 Å². The van der Waals surface area contributed by atoms with Gasteiger partial charge in [0.2, 0.25) is 0 Å². The van der Waals surface area contributed by atoms with Crippen molar-refractivity contribution in [3.8, 4) is 0 Å². The highest BCUT2D eigenvalue weighted by Gasteiger charge is 2.08. The molecule has 0 fully saturated rings. The number of aromatic nitrogens is 1. The van der Waals surface area contributed by atoms with Crippen LogP contribution in [0, 0.1) is 5.82 Å². The van der Waals surface area contributed by atoms with Crippen molar-refractivity contribution in [1.82, 2.24) is 4.57 Å². The zero-order chi connectivity index (χ0) is 13.8. The van der Waals surface area contributed by atoms with Crippen molar-refractivity contribution in [3.63, 3.8) is 0 Å². The Morgan fingerprint density at radius 1 is 1.37 bits per heavy atom. The van der Waals surface area contributed by atoms with E-state index in [2.05, 4.69) is 22.9 Å². The Hall–Kier alpha value is -1.13. The van der Waals surface area contributed by atoms with Gasteiger partial charge in [0, 0.05) is 35.0 Å². The molecule has 102 valence electrons. The fourth-order valence-electron chi connectivity index (χ4n) is 2.12. The molecule has 2 aromatic rings. The second kappa shape index (κ2) is 6.35. The van der Waals surface area contributed by atoms with E-state index >= 15 is 0 Å². The molecular weight excluding hydrogens is 307 g/mol. The van der Waals surface area contributed by atoms with Gasteiger partial charge in [0.25, 0.3) is 0 Å². The third-order valence-electron chi connectivity index (χ3n) is 3.16. The Morgan fingerprint density at radius 3 is 2.89 bits per heavy atom. The molecule has 2 rings (SSSR count). The molecule has 4 heteroatoms. The predicted octanol–water partition coefficient (Wildman–Crippen LogP) is 4.24. The highest BCUT2D eigenvalue weighted by molar-refractivity contribution is 9.10. The van der Waals surface area contributed by atoms with Gasteiger partial charge in [0.05, 0.1) is 0 Å². The second-order valence-corrected chi connectivity index (χ2v) is 5.66. The number of rotatable bonds is 5. The van der Waals surface area contributed by atoms with E-state index in [1.54, 1.807) is 12.1 Å². The Labute approximate surface area is 121 Å². The van der Waals surface area contributed by atoms with Crippen LogP contribution in [0.2, 0.25) is 0 Å². The van der Waals surface area contributed by atoms with Crippen LogP contribution in [0.3, 0.4) is 0 Å². The molecule has 1 atom stereocenters. The third-order valence-corrected chi connectivity index (χ3v) is 3.66. The van der Waals surface area contributed by atoms with Gasteiger partial charge in [-0.3, -0.25) is 0 Å². The van der Waals surface area contributed by atoms with Gasteiger partial charge in [0.1, 0.15) is 5.82 Å². The standard InChI is InChI=1S/C15H18BrFN2/c1-2-3-15(18)11-6-7-19(9-11)10-12-8-13(16)4-5-14(12)17/h4-9,15H,2-3,10,18H2,1H3. The molecule has 19 heavy (non-hydrogen) atoms. The number of hydrogen-bond donors (Lipinski definition) is 1. The van der Waals surface area contributed by atoms with Gasteiger partial charge in [0.15, 0.2) is 0 Å². The summed E-state index contributed by atoms with van der Waals surface area (Å²) in [5.74, 6) is -0.184. The van der Waals surface area contributed by atoms with Crippen molar-refractivity contribution in [2.75, 3.05) is 0 Å². The number of nitrogens with two attached hydrogens (primary N) is 1. The molecule has 0 amide bonds. The zero-order valence-corrected chi connectivity index (χ0v) is 12.5. The van der Waals surface area contributed by atoms with E-state index in [1.807, 2.05) is 23.0 Å². The minimum absolute atomic E-state index is 0.0682. The van der Waals surface area contributed by atoms with Crippen LogP contribution in [0.4, 0.5) is 4.39 Å². The lowest BCUT2D eigenvalue weighted by atomic mass is 10.1. The number of benzene rings is 1. The molecule has 2 N–H and O–H groups in total.